The second-order valence-electron chi connectivity index (χ2n) is 2.10. The number of alkyl halides is 3. The molecule has 3 N–H and O–H groups in total. The number of halogens is 3. The number of carbonyl (C=O) groups is 1. The summed E-state index contributed by atoms with van der Waals surface area (Å²) in [5.74, 6) is -2.00. The highest BCUT2D eigenvalue weighted by atomic mass is 19.4. The highest BCUT2D eigenvalue weighted by Gasteiger charge is 2.32. The lowest BCUT2D eigenvalue weighted by Gasteiger charge is -2.02. The standard InChI is InChI=1S/C4H7F3N2.C3H6O2/c1-2-9-3(8)4(5,6)7;1-2-3(4)5/h2H2,1H3,(H2,8,9);2H2,1H3,(H,4,5). The fourth-order valence-corrected chi connectivity index (χ4v) is 0.260. The van der Waals surface area contributed by atoms with Crippen molar-refractivity contribution in [1.82, 2.24) is 0 Å². The molecule has 0 aromatic carbocycles. The van der Waals surface area contributed by atoms with Crippen LogP contribution in [0.5, 0.6) is 0 Å². The van der Waals surface area contributed by atoms with Gasteiger partial charge < -0.3 is 10.8 Å². The summed E-state index contributed by atoms with van der Waals surface area (Å²) in [7, 11) is 0. The second-order valence-corrected chi connectivity index (χ2v) is 2.10. The second kappa shape index (κ2) is 7.16. The summed E-state index contributed by atoms with van der Waals surface area (Å²) in [5, 5.41) is 7.72. The normalized spacial score (nSPS) is 11.6. The number of aliphatic imine (C=N–C) groups is 1. The van der Waals surface area contributed by atoms with Crippen LogP contribution in [-0.4, -0.2) is 29.6 Å². The van der Waals surface area contributed by atoms with Crippen molar-refractivity contribution >= 4 is 11.8 Å². The molecule has 0 aliphatic heterocycles. The van der Waals surface area contributed by atoms with Crippen LogP contribution in [0.3, 0.4) is 0 Å². The van der Waals surface area contributed by atoms with Crippen LogP contribution in [0, 0.1) is 0 Å². The number of carboxylic acids is 1. The van der Waals surface area contributed by atoms with Crippen LogP contribution >= 0.6 is 0 Å². The van der Waals surface area contributed by atoms with Gasteiger partial charge in [-0.15, -0.1) is 0 Å². The van der Waals surface area contributed by atoms with Crippen molar-refractivity contribution in [2.75, 3.05) is 6.54 Å². The number of hydrogen-bond acceptors (Lipinski definition) is 2. The average molecular weight is 214 g/mol. The van der Waals surface area contributed by atoms with E-state index in [0.717, 1.165) is 0 Å². The van der Waals surface area contributed by atoms with Crippen molar-refractivity contribution in [2.24, 2.45) is 10.7 Å². The monoisotopic (exact) mass is 214 g/mol. The summed E-state index contributed by atoms with van der Waals surface area (Å²) in [6.45, 7) is 3.15. The summed E-state index contributed by atoms with van der Waals surface area (Å²) in [6, 6.07) is 0. The Morgan fingerprint density at radius 1 is 1.43 bits per heavy atom. The smallest absolute Gasteiger partial charge is 0.448 e. The van der Waals surface area contributed by atoms with Crippen molar-refractivity contribution in [2.45, 2.75) is 26.4 Å². The SMILES string of the molecule is CCC(=O)O.CCN=C(N)C(F)(F)F. The van der Waals surface area contributed by atoms with Gasteiger partial charge in [0.05, 0.1) is 0 Å². The zero-order valence-corrected chi connectivity index (χ0v) is 7.93. The molecule has 0 saturated heterocycles. The predicted molar refractivity (Wildman–Crippen MR) is 46.1 cm³/mol. The highest BCUT2D eigenvalue weighted by molar-refractivity contribution is 5.85. The first-order valence-electron chi connectivity index (χ1n) is 3.84. The van der Waals surface area contributed by atoms with Crippen molar-refractivity contribution in [3.63, 3.8) is 0 Å². The van der Waals surface area contributed by atoms with Crippen LogP contribution in [0.25, 0.3) is 0 Å². The molecule has 0 aliphatic carbocycles. The summed E-state index contributed by atoms with van der Waals surface area (Å²) >= 11 is 0. The van der Waals surface area contributed by atoms with Gasteiger partial charge in [-0.05, 0) is 6.92 Å². The summed E-state index contributed by atoms with van der Waals surface area (Å²) in [6.07, 6.45) is -4.24. The van der Waals surface area contributed by atoms with E-state index >= 15 is 0 Å². The van der Waals surface area contributed by atoms with Gasteiger partial charge in [-0.25, -0.2) is 0 Å². The minimum Gasteiger partial charge on any atom is -0.481 e. The molecule has 0 aliphatic rings. The van der Waals surface area contributed by atoms with E-state index in [0.29, 0.717) is 0 Å². The Labute approximate surface area is 79.6 Å². The molecule has 7 heteroatoms. The van der Waals surface area contributed by atoms with Crippen LogP contribution in [0.15, 0.2) is 4.99 Å². The van der Waals surface area contributed by atoms with Crippen LogP contribution in [0.2, 0.25) is 0 Å². The number of hydrogen-bond donors (Lipinski definition) is 2. The van der Waals surface area contributed by atoms with Crippen LogP contribution in [-0.2, 0) is 4.79 Å². The molecule has 0 atom stereocenters. The van der Waals surface area contributed by atoms with Gasteiger partial charge in [-0.2, -0.15) is 13.2 Å². The third-order valence-corrected chi connectivity index (χ3v) is 0.921. The molecule has 0 saturated carbocycles. The van der Waals surface area contributed by atoms with Crippen LogP contribution in [0.4, 0.5) is 13.2 Å². The fourth-order valence-electron chi connectivity index (χ4n) is 0.260. The Bertz CT molecular complexity index is 202. The van der Waals surface area contributed by atoms with Crippen molar-refractivity contribution in [3.05, 3.63) is 0 Å². The largest absolute Gasteiger partial charge is 0.481 e. The van der Waals surface area contributed by atoms with Gasteiger partial charge in [0, 0.05) is 13.0 Å². The van der Waals surface area contributed by atoms with E-state index in [2.05, 4.69) is 10.7 Å². The molecule has 0 aromatic rings. The fraction of sp³-hybridized carbons (Fsp3) is 0.714. The first-order chi connectivity index (χ1) is 6.25. The molecule has 0 spiro atoms. The summed E-state index contributed by atoms with van der Waals surface area (Å²) in [5.41, 5.74) is 4.49. The zero-order valence-electron chi connectivity index (χ0n) is 7.93. The quantitative estimate of drug-likeness (QED) is 0.539. The van der Waals surface area contributed by atoms with E-state index in [9.17, 15) is 18.0 Å². The first-order valence-corrected chi connectivity index (χ1v) is 3.84. The Hall–Kier alpha value is -1.27. The predicted octanol–water partition coefficient (Wildman–Crippen LogP) is 1.41. The molecule has 0 unspecified atom stereocenters. The zero-order chi connectivity index (χ0) is 11.8. The Kier molecular flexibility index (Phi) is 7.78. The first kappa shape index (κ1) is 15.2. The van der Waals surface area contributed by atoms with E-state index in [1.54, 1.807) is 6.92 Å². The molecule has 0 aromatic heterocycles. The molecule has 4 nitrogen and oxygen atoms in total. The number of nitrogens with zero attached hydrogens (tertiary/aromatic N) is 1. The van der Waals surface area contributed by atoms with E-state index in [1.165, 1.54) is 6.92 Å². The van der Waals surface area contributed by atoms with Gasteiger partial charge in [0.2, 0.25) is 5.84 Å². The van der Waals surface area contributed by atoms with E-state index in [-0.39, 0.29) is 13.0 Å². The lowest BCUT2D eigenvalue weighted by Crippen LogP contribution is -2.31. The third-order valence-electron chi connectivity index (χ3n) is 0.921. The molecule has 14 heavy (non-hydrogen) atoms. The van der Waals surface area contributed by atoms with Gasteiger partial charge in [0.15, 0.2) is 0 Å². The number of rotatable bonds is 2. The maximum atomic E-state index is 11.4. The molecule has 0 heterocycles. The van der Waals surface area contributed by atoms with Crippen LogP contribution in [0.1, 0.15) is 20.3 Å². The van der Waals surface area contributed by atoms with Gasteiger partial charge in [0.1, 0.15) is 0 Å². The molecule has 0 amide bonds. The highest BCUT2D eigenvalue weighted by Crippen LogP contribution is 2.13. The van der Waals surface area contributed by atoms with E-state index in [4.69, 9.17) is 5.11 Å². The number of nitrogens with two attached hydrogens (primary N) is 1. The van der Waals surface area contributed by atoms with Crippen molar-refractivity contribution < 1.29 is 23.1 Å². The van der Waals surface area contributed by atoms with Crippen molar-refractivity contribution in [1.29, 1.82) is 0 Å². The third kappa shape index (κ3) is 10.7. The lowest BCUT2D eigenvalue weighted by atomic mass is 10.5. The molecule has 84 valence electrons. The number of amidine groups is 1. The van der Waals surface area contributed by atoms with Gasteiger partial charge >= 0.3 is 12.1 Å². The minimum absolute atomic E-state index is 0.0609. The number of aliphatic carboxylic acids is 1. The maximum absolute atomic E-state index is 11.4. The van der Waals surface area contributed by atoms with Gasteiger partial charge in [0.25, 0.3) is 0 Å². The molecular formula is C7H13F3N2O2. The molecular weight excluding hydrogens is 201 g/mol. The Morgan fingerprint density at radius 3 is 1.86 bits per heavy atom. The average Bonchev–Trinajstić information content (AvgIpc) is 2.04. The summed E-state index contributed by atoms with van der Waals surface area (Å²) in [4.78, 5) is 12.3. The van der Waals surface area contributed by atoms with Crippen LogP contribution < -0.4 is 5.73 Å². The van der Waals surface area contributed by atoms with Crippen molar-refractivity contribution in [3.8, 4) is 0 Å². The molecule has 0 bridgehead atoms. The van der Waals surface area contributed by atoms with Gasteiger partial charge in [-0.3, -0.25) is 9.79 Å². The molecule has 0 fully saturated rings. The van der Waals surface area contributed by atoms with E-state index < -0.39 is 18.0 Å². The summed E-state index contributed by atoms with van der Waals surface area (Å²) < 4.78 is 34.1. The minimum atomic E-state index is -4.46. The Morgan fingerprint density at radius 2 is 1.79 bits per heavy atom. The lowest BCUT2D eigenvalue weighted by molar-refractivity contribution is -0.136. The van der Waals surface area contributed by atoms with E-state index in [1.807, 2.05) is 0 Å². The topological polar surface area (TPSA) is 75.7 Å². The molecule has 0 rings (SSSR count). The molecule has 0 radical (unpaired) electrons. The number of carboxylic acid groups (broad SMARTS) is 1. The Balaban J connectivity index is 0. The van der Waals surface area contributed by atoms with Gasteiger partial charge in [-0.1, -0.05) is 6.92 Å². The maximum Gasteiger partial charge on any atom is 0.448 e.